The highest BCUT2D eigenvalue weighted by Crippen LogP contribution is 1.99. The van der Waals surface area contributed by atoms with E-state index in [0.29, 0.717) is 13.2 Å². The van der Waals surface area contributed by atoms with Crippen LogP contribution in [0.2, 0.25) is 0 Å². The quantitative estimate of drug-likeness (QED) is 0.263. The fourth-order valence-corrected chi connectivity index (χ4v) is 1.01. The highest BCUT2D eigenvalue weighted by atomic mass is 32.2. The van der Waals surface area contributed by atoms with Gasteiger partial charge in [-0.25, -0.2) is 0 Å². The molecule has 0 saturated heterocycles. The maximum atomic E-state index is 9.97. The minimum Gasteiger partial charge on any atom is -0.394 e. The molecule has 0 radical (unpaired) electrons. The minimum atomic E-state index is -4.67. The average Bonchev–Trinajstić information content (AvgIpc) is 2.27. The lowest BCUT2D eigenvalue weighted by atomic mass is 10.4. The van der Waals surface area contributed by atoms with Gasteiger partial charge in [-0.3, -0.25) is 4.55 Å². The highest BCUT2D eigenvalue weighted by Gasteiger charge is 2.27. The molecule has 0 aromatic rings. The molecular weight excluding hydrogens is 252 g/mol. The third-order valence-electron chi connectivity index (χ3n) is 1.29. The summed E-state index contributed by atoms with van der Waals surface area (Å²) in [5.41, 5.74) is -2.34. The van der Waals surface area contributed by atoms with Crippen LogP contribution < -0.4 is 0 Å². The molecule has 0 bridgehead atoms. The van der Waals surface area contributed by atoms with Crippen LogP contribution in [0, 0.1) is 0 Å². The lowest BCUT2D eigenvalue weighted by molar-refractivity contribution is 0.0206. The van der Waals surface area contributed by atoms with Crippen molar-refractivity contribution < 1.29 is 33.0 Å². The minimum absolute atomic E-state index is 0.617. The fourth-order valence-electron chi connectivity index (χ4n) is 0.523. The Morgan fingerprint density at radius 1 is 1.18 bits per heavy atom. The molecule has 0 aliphatic rings. The van der Waals surface area contributed by atoms with Crippen LogP contribution in [-0.4, -0.2) is 59.7 Å². The SMILES string of the molecule is C=CCOCC=C.O=S(=O)(O)C(O)C(O)CO. The van der Waals surface area contributed by atoms with Crippen LogP contribution in [0.25, 0.3) is 0 Å². The van der Waals surface area contributed by atoms with Crippen LogP contribution in [-0.2, 0) is 14.9 Å². The Morgan fingerprint density at radius 2 is 1.59 bits per heavy atom. The Morgan fingerprint density at radius 3 is 1.76 bits per heavy atom. The van der Waals surface area contributed by atoms with Crippen LogP contribution in [0.4, 0.5) is 0 Å². The van der Waals surface area contributed by atoms with Crippen molar-refractivity contribution in [3.05, 3.63) is 25.3 Å². The van der Waals surface area contributed by atoms with Gasteiger partial charge in [0.15, 0.2) is 0 Å². The third-order valence-corrected chi connectivity index (χ3v) is 2.22. The van der Waals surface area contributed by atoms with Gasteiger partial charge >= 0.3 is 0 Å². The van der Waals surface area contributed by atoms with Gasteiger partial charge in [-0.2, -0.15) is 8.42 Å². The molecule has 0 spiro atoms. The second kappa shape index (κ2) is 10.4. The summed E-state index contributed by atoms with van der Waals surface area (Å²) < 4.78 is 32.9. The van der Waals surface area contributed by atoms with E-state index in [4.69, 9.17) is 24.6 Å². The normalized spacial score (nSPS) is 14.1. The van der Waals surface area contributed by atoms with E-state index in [-0.39, 0.29) is 0 Å². The van der Waals surface area contributed by atoms with Gasteiger partial charge in [-0.15, -0.1) is 13.2 Å². The molecule has 0 aromatic heterocycles. The first-order chi connectivity index (χ1) is 7.81. The second-order valence-corrected chi connectivity index (χ2v) is 4.28. The van der Waals surface area contributed by atoms with E-state index in [9.17, 15) is 8.42 Å². The average molecular weight is 270 g/mol. The Hall–Kier alpha value is -0.770. The van der Waals surface area contributed by atoms with Gasteiger partial charge in [-0.05, 0) is 0 Å². The molecule has 0 aliphatic heterocycles. The van der Waals surface area contributed by atoms with Gasteiger partial charge in [0.25, 0.3) is 10.1 Å². The van der Waals surface area contributed by atoms with Crippen LogP contribution in [0.1, 0.15) is 0 Å². The van der Waals surface area contributed by atoms with Gasteiger partial charge in [0.05, 0.1) is 19.8 Å². The number of hydrogen-bond donors (Lipinski definition) is 4. The summed E-state index contributed by atoms with van der Waals surface area (Å²) in [4.78, 5) is 0. The molecule has 17 heavy (non-hydrogen) atoms. The standard InChI is InChI=1S/C6H10O.C3H8O6S/c1-3-5-7-6-4-2;4-1-2(5)3(6)10(7,8)9/h3-4H,1-2,5-6H2;2-6H,1H2,(H,7,8,9). The van der Waals surface area contributed by atoms with E-state index in [1.54, 1.807) is 12.2 Å². The smallest absolute Gasteiger partial charge is 0.294 e. The lowest BCUT2D eigenvalue weighted by Gasteiger charge is -2.10. The van der Waals surface area contributed by atoms with Crippen molar-refractivity contribution in [2.75, 3.05) is 19.8 Å². The second-order valence-electron chi connectivity index (χ2n) is 2.77. The Balaban J connectivity index is 0. The molecule has 0 fully saturated rings. The van der Waals surface area contributed by atoms with E-state index in [1.165, 1.54) is 0 Å². The molecule has 8 heteroatoms. The van der Waals surface area contributed by atoms with Gasteiger partial charge < -0.3 is 20.1 Å². The molecular formula is C9H18O7S. The predicted molar refractivity (Wildman–Crippen MR) is 61.9 cm³/mol. The summed E-state index contributed by atoms with van der Waals surface area (Å²) in [6, 6.07) is 0. The van der Waals surface area contributed by atoms with Crippen molar-refractivity contribution in [3.63, 3.8) is 0 Å². The zero-order valence-electron chi connectivity index (χ0n) is 9.27. The van der Waals surface area contributed by atoms with Crippen molar-refractivity contribution in [2.45, 2.75) is 11.5 Å². The Bertz CT molecular complexity index is 290. The van der Waals surface area contributed by atoms with Crippen molar-refractivity contribution in [1.82, 2.24) is 0 Å². The van der Waals surface area contributed by atoms with Gasteiger partial charge in [0.1, 0.15) is 6.10 Å². The molecule has 0 aromatic carbocycles. The van der Waals surface area contributed by atoms with Crippen molar-refractivity contribution >= 4 is 10.1 Å². The molecule has 2 atom stereocenters. The van der Waals surface area contributed by atoms with Crippen LogP contribution in [0.15, 0.2) is 25.3 Å². The van der Waals surface area contributed by atoms with Crippen molar-refractivity contribution in [3.8, 4) is 0 Å². The van der Waals surface area contributed by atoms with E-state index < -0.39 is 28.3 Å². The summed E-state index contributed by atoms with van der Waals surface area (Å²) in [5.74, 6) is 0. The van der Waals surface area contributed by atoms with Crippen molar-refractivity contribution in [1.29, 1.82) is 0 Å². The third kappa shape index (κ3) is 11.5. The van der Waals surface area contributed by atoms with Crippen LogP contribution in [0.5, 0.6) is 0 Å². The fraction of sp³-hybridized carbons (Fsp3) is 0.556. The molecule has 0 rings (SSSR count). The first-order valence-electron chi connectivity index (χ1n) is 4.54. The summed E-state index contributed by atoms with van der Waals surface area (Å²) >= 11 is 0. The first-order valence-corrected chi connectivity index (χ1v) is 6.04. The monoisotopic (exact) mass is 270 g/mol. The van der Waals surface area contributed by atoms with Gasteiger partial charge in [0.2, 0.25) is 5.44 Å². The van der Waals surface area contributed by atoms with Gasteiger partial charge in [-0.1, -0.05) is 12.2 Å². The Labute approximate surface area is 100 Å². The molecule has 0 aliphatic carbocycles. The van der Waals surface area contributed by atoms with Crippen molar-refractivity contribution in [2.24, 2.45) is 0 Å². The summed E-state index contributed by atoms with van der Waals surface area (Å²) in [6.07, 6.45) is 1.56. The first kappa shape index (κ1) is 18.6. The maximum Gasteiger partial charge on any atom is 0.294 e. The zero-order valence-corrected chi connectivity index (χ0v) is 10.1. The molecule has 2 unspecified atom stereocenters. The molecule has 0 saturated carbocycles. The van der Waals surface area contributed by atoms with E-state index in [1.807, 2.05) is 0 Å². The molecule has 0 amide bonds. The van der Waals surface area contributed by atoms with E-state index in [2.05, 4.69) is 13.2 Å². The number of hydrogen-bond acceptors (Lipinski definition) is 6. The van der Waals surface area contributed by atoms with E-state index >= 15 is 0 Å². The van der Waals surface area contributed by atoms with E-state index in [0.717, 1.165) is 0 Å². The number of aliphatic hydroxyl groups is 3. The van der Waals surface area contributed by atoms with Crippen LogP contribution in [0.3, 0.4) is 0 Å². The van der Waals surface area contributed by atoms with Crippen LogP contribution >= 0.6 is 0 Å². The number of ether oxygens (including phenoxy) is 1. The highest BCUT2D eigenvalue weighted by molar-refractivity contribution is 7.86. The van der Waals surface area contributed by atoms with Gasteiger partial charge in [0, 0.05) is 0 Å². The molecule has 102 valence electrons. The Kier molecular flexibility index (Phi) is 11.4. The molecule has 4 N–H and O–H groups in total. The number of aliphatic hydroxyl groups excluding tert-OH is 3. The number of rotatable bonds is 7. The summed E-state index contributed by atoms with van der Waals surface area (Å²) in [6.45, 7) is 7.25. The molecule has 7 nitrogen and oxygen atoms in total. The maximum absolute atomic E-state index is 9.97. The largest absolute Gasteiger partial charge is 0.394 e. The summed E-state index contributed by atoms with van der Waals surface area (Å²) in [7, 11) is -4.67. The topological polar surface area (TPSA) is 124 Å². The lowest BCUT2D eigenvalue weighted by Crippen LogP contribution is -2.35. The molecule has 0 heterocycles. The summed E-state index contributed by atoms with van der Waals surface area (Å²) in [5, 5.41) is 24.9. The zero-order chi connectivity index (χ0) is 13.9. The predicted octanol–water partition coefficient (Wildman–Crippen LogP) is -1.08.